The van der Waals surface area contributed by atoms with Gasteiger partial charge in [-0.25, -0.2) is 4.39 Å². The van der Waals surface area contributed by atoms with Crippen LogP contribution in [0.2, 0.25) is 0 Å². The molecule has 0 radical (unpaired) electrons. The Bertz CT molecular complexity index is 678. The van der Waals surface area contributed by atoms with Gasteiger partial charge < -0.3 is 14.8 Å². The molecule has 0 aliphatic heterocycles. The average Bonchev–Trinajstić information content (AvgIpc) is 2.90. The fourth-order valence-corrected chi connectivity index (χ4v) is 2.24. The van der Waals surface area contributed by atoms with Crippen LogP contribution in [0, 0.1) is 12.7 Å². The summed E-state index contributed by atoms with van der Waals surface area (Å²) >= 11 is 0. The first kappa shape index (κ1) is 16.7. The Morgan fingerprint density at radius 2 is 1.91 bits per heavy atom. The molecule has 1 aromatic heterocycles. The van der Waals surface area contributed by atoms with Gasteiger partial charge in [-0.3, -0.25) is 9.59 Å². The number of hydrogen-bond acceptors (Lipinski definition) is 3. The summed E-state index contributed by atoms with van der Waals surface area (Å²) in [4.78, 5) is 23.0. The minimum Gasteiger partial charge on any atom is -0.481 e. The van der Waals surface area contributed by atoms with E-state index in [1.54, 1.807) is 6.07 Å². The van der Waals surface area contributed by atoms with Gasteiger partial charge in [-0.15, -0.1) is 0 Å². The molecule has 0 bridgehead atoms. The van der Waals surface area contributed by atoms with E-state index in [1.165, 1.54) is 24.3 Å². The van der Waals surface area contributed by atoms with Crippen molar-refractivity contribution in [3.05, 3.63) is 59.3 Å². The molecule has 0 aliphatic carbocycles. The van der Waals surface area contributed by atoms with Crippen LogP contribution in [0.3, 0.4) is 0 Å². The Morgan fingerprint density at radius 1 is 1.22 bits per heavy atom. The molecule has 0 saturated carbocycles. The summed E-state index contributed by atoms with van der Waals surface area (Å²) in [6.07, 6.45) is 0.352. The fourth-order valence-electron chi connectivity index (χ4n) is 2.24. The van der Waals surface area contributed by atoms with Crippen LogP contribution in [-0.2, 0) is 16.0 Å². The molecule has 0 saturated heterocycles. The number of aryl methyl sites for hydroxylation is 2. The van der Waals surface area contributed by atoms with Crippen molar-refractivity contribution in [1.82, 2.24) is 5.32 Å². The maximum Gasteiger partial charge on any atom is 0.305 e. The molecule has 2 N–H and O–H groups in total. The molecule has 2 rings (SSSR count). The number of carboxylic acids is 1. The minimum absolute atomic E-state index is 0.185. The summed E-state index contributed by atoms with van der Waals surface area (Å²) in [6, 6.07) is 8.34. The van der Waals surface area contributed by atoms with Crippen molar-refractivity contribution >= 4 is 11.9 Å². The third-order valence-corrected chi connectivity index (χ3v) is 3.38. The van der Waals surface area contributed by atoms with Gasteiger partial charge in [-0.05, 0) is 36.8 Å². The van der Waals surface area contributed by atoms with Gasteiger partial charge in [0, 0.05) is 12.8 Å². The van der Waals surface area contributed by atoms with E-state index in [2.05, 4.69) is 5.32 Å². The Hall–Kier alpha value is -2.63. The molecular formula is C17H18FNO4. The quantitative estimate of drug-likeness (QED) is 0.822. The lowest BCUT2D eigenvalue weighted by atomic mass is 10.0. The van der Waals surface area contributed by atoms with Crippen molar-refractivity contribution in [2.75, 3.05) is 0 Å². The highest BCUT2D eigenvalue weighted by atomic mass is 19.1. The lowest BCUT2D eigenvalue weighted by Gasteiger charge is -2.17. The third kappa shape index (κ3) is 5.25. The summed E-state index contributed by atoms with van der Waals surface area (Å²) in [5.41, 5.74) is 0.552. The van der Waals surface area contributed by atoms with Gasteiger partial charge in [0.05, 0.1) is 12.5 Å². The van der Waals surface area contributed by atoms with Crippen LogP contribution < -0.4 is 5.32 Å². The van der Waals surface area contributed by atoms with Crippen LogP contribution in [0.15, 0.2) is 40.8 Å². The highest BCUT2D eigenvalue weighted by Gasteiger charge is 2.18. The monoisotopic (exact) mass is 319 g/mol. The Balaban J connectivity index is 1.97. The zero-order valence-electron chi connectivity index (χ0n) is 12.7. The summed E-state index contributed by atoms with van der Waals surface area (Å²) in [5.74, 6) is -0.261. The van der Waals surface area contributed by atoms with E-state index < -0.39 is 17.8 Å². The number of halogens is 1. The number of carbonyl (C=O) groups is 2. The second-order valence-electron chi connectivity index (χ2n) is 5.28. The van der Waals surface area contributed by atoms with E-state index in [0.717, 1.165) is 5.76 Å². The predicted molar refractivity (Wildman–Crippen MR) is 81.3 cm³/mol. The molecule has 6 heteroatoms. The van der Waals surface area contributed by atoms with Gasteiger partial charge in [-0.1, -0.05) is 12.1 Å². The summed E-state index contributed by atoms with van der Waals surface area (Å²) in [6.45, 7) is 1.82. The van der Waals surface area contributed by atoms with Crippen LogP contribution in [0.4, 0.5) is 4.39 Å². The molecule has 122 valence electrons. The van der Waals surface area contributed by atoms with Gasteiger partial charge in [0.2, 0.25) is 5.91 Å². The first-order chi connectivity index (χ1) is 10.9. The first-order valence-electron chi connectivity index (χ1n) is 7.26. The van der Waals surface area contributed by atoms with Crippen LogP contribution in [-0.4, -0.2) is 17.0 Å². The Morgan fingerprint density at radius 3 is 2.48 bits per heavy atom. The second-order valence-corrected chi connectivity index (χ2v) is 5.28. The normalized spacial score (nSPS) is 11.9. The molecule has 23 heavy (non-hydrogen) atoms. The number of aliphatic carboxylic acids is 1. The van der Waals surface area contributed by atoms with E-state index in [4.69, 9.17) is 9.52 Å². The molecule has 5 nitrogen and oxygen atoms in total. The number of hydrogen-bond donors (Lipinski definition) is 2. The molecule has 2 aromatic rings. The Kier molecular flexibility index (Phi) is 5.51. The first-order valence-corrected chi connectivity index (χ1v) is 7.26. The minimum atomic E-state index is -1.04. The molecule has 1 aromatic carbocycles. The maximum absolute atomic E-state index is 13.0. The molecule has 0 unspecified atom stereocenters. The van der Waals surface area contributed by atoms with Gasteiger partial charge in [0.1, 0.15) is 17.3 Å². The van der Waals surface area contributed by atoms with E-state index in [9.17, 15) is 14.0 Å². The lowest BCUT2D eigenvalue weighted by molar-refractivity contribution is -0.137. The smallest absolute Gasteiger partial charge is 0.305 e. The number of nitrogens with one attached hydrogen (secondary N) is 1. The molecule has 0 spiro atoms. The van der Waals surface area contributed by atoms with E-state index in [-0.39, 0.29) is 18.7 Å². The molecule has 1 amide bonds. The van der Waals surface area contributed by atoms with Gasteiger partial charge in [0.15, 0.2) is 0 Å². The van der Waals surface area contributed by atoms with Crippen LogP contribution >= 0.6 is 0 Å². The summed E-state index contributed by atoms with van der Waals surface area (Å²) in [7, 11) is 0. The lowest BCUT2D eigenvalue weighted by Crippen LogP contribution is -2.30. The zero-order valence-corrected chi connectivity index (χ0v) is 12.7. The van der Waals surface area contributed by atoms with Crippen molar-refractivity contribution in [2.45, 2.75) is 32.2 Å². The second kappa shape index (κ2) is 7.58. The van der Waals surface area contributed by atoms with Gasteiger partial charge in [0.25, 0.3) is 0 Å². The van der Waals surface area contributed by atoms with Crippen molar-refractivity contribution in [3.8, 4) is 0 Å². The Labute approximate surface area is 133 Å². The molecule has 1 atom stereocenters. The number of rotatable bonds is 7. The van der Waals surface area contributed by atoms with Gasteiger partial charge >= 0.3 is 5.97 Å². The molecular weight excluding hydrogens is 301 g/mol. The number of furan rings is 1. The molecule has 0 aliphatic rings. The number of carboxylic acid groups (broad SMARTS) is 1. The summed E-state index contributed by atoms with van der Waals surface area (Å²) < 4.78 is 18.4. The number of carbonyl (C=O) groups excluding carboxylic acids is 1. The van der Waals surface area contributed by atoms with Crippen molar-refractivity contribution < 1.29 is 23.5 Å². The third-order valence-electron chi connectivity index (χ3n) is 3.38. The highest BCUT2D eigenvalue weighted by Crippen LogP contribution is 2.18. The van der Waals surface area contributed by atoms with Crippen LogP contribution in [0.5, 0.6) is 0 Å². The predicted octanol–water partition coefficient (Wildman–Crippen LogP) is 2.99. The van der Waals surface area contributed by atoms with Crippen molar-refractivity contribution in [3.63, 3.8) is 0 Å². The SMILES string of the molecule is Cc1ccc(CCC(=O)N[C@@H](CC(=O)O)c2ccc(F)cc2)o1. The topological polar surface area (TPSA) is 79.5 Å². The summed E-state index contributed by atoms with van der Waals surface area (Å²) in [5, 5.41) is 11.7. The fraction of sp³-hybridized carbons (Fsp3) is 0.294. The zero-order chi connectivity index (χ0) is 16.8. The average molecular weight is 319 g/mol. The standard InChI is InChI=1S/C17H18FNO4/c1-11-2-7-14(23-11)8-9-16(20)19-15(10-17(21)22)12-3-5-13(18)6-4-12/h2-7,15H,8-10H2,1H3,(H,19,20)(H,21,22)/t15-/m0/s1. The van der Waals surface area contributed by atoms with Gasteiger partial charge in [-0.2, -0.15) is 0 Å². The van der Waals surface area contributed by atoms with Crippen LogP contribution in [0.25, 0.3) is 0 Å². The van der Waals surface area contributed by atoms with Crippen molar-refractivity contribution in [2.24, 2.45) is 0 Å². The van der Waals surface area contributed by atoms with Crippen LogP contribution in [0.1, 0.15) is 36.0 Å². The maximum atomic E-state index is 13.0. The highest BCUT2D eigenvalue weighted by molar-refractivity contribution is 5.78. The van der Waals surface area contributed by atoms with Crippen molar-refractivity contribution in [1.29, 1.82) is 0 Å². The van der Waals surface area contributed by atoms with E-state index in [1.807, 2.05) is 13.0 Å². The molecule has 0 fully saturated rings. The molecule has 1 heterocycles. The van der Waals surface area contributed by atoms with E-state index >= 15 is 0 Å². The number of amides is 1. The number of benzene rings is 1. The van der Waals surface area contributed by atoms with E-state index in [0.29, 0.717) is 17.7 Å². The largest absolute Gasteiger partial charge is 0.481 e.